The molecule has 0 amide bonds. The van der Waals surface area contributed by atoms with E-state index in [1.165, 1.54) is 87.6 Å². The molecule has 0 saturated heterocycles. The van der Waals surface area contributed by atoms with Gasteiger partial charge in [-0.25, -0.2) is 0 Å². The van der Waals surface area contributed by atoms with Crippen LogP contribution in [0.1, 0.15) is 17.5 Å². The molecule has 0 unspecified atom stereocenters. The van der Waals surface area contributed by atoms with E-state index in [2.05, 4.69) is 158 Å². The van der Waals surface area contributed by atoms with E-state index < -0.39 is 0 Å². The lowest BCUT2D eigenvalue weighted by molar-refractivity contribution is 0.668. The number of fused-ring (bicyclic) bond motifs is 7. The number of aryl methyl sites for hydroxylation is 1. The lowest BCUT2D eigenvalue weighted by Crippen LogP contribution is -1.94. The second kappa shape index (κ2) is 10.3. The minimum Gasteiger partial charge on any atom is -0.456 e. The van der Waals surface area contributed by atoms with Crippen molar-refractivity contribution in [3.05, 3.63) is 163 Å². The predicted octanol–water partition coefficient (Wildman–Crippen LogP) is 13.0. The Morgan fingerprint density at radius 1 is 0.447 bits per heavy atom. The van der Waals surface area contributed by atoms with Crippen LogP contribution in [-0.2, 0) is 6.42 Å². The van der Waals surface area contributed by atoms with Gasteiger partial charge in [0.15, 0.2) is 0 Å². The van der Waals surface area contributed by atoms with Gasteiger partial charge in [0.25, 0.3) is 0 Å². The fourth-order valence-electron chi connectivity index (χ4n) is 7.97. The van der Waals surface area contributed by atoms with Crippen molar-refractivity contribution in [3.8, 4) is 33.4 Å². The first kappa shape index (κ1) is 26.3. The van der Waals surface area contributed by atoms with Gasteiger partial charge in [0, 0.05) is 10.8 Å². The molecule has 1 heteroatoms. The van der Waals surface area contributed by atoms with Crippen LogP contribution >= 0.6 is 0 Å². The predicted molar refractivity (Wildman–Crippen MR) is 200 cm³/mol. The van der Waals surface area contributed by atoms with Crippen molar-refractivity contribution in [3.63, 3.8) is 0 Å². The molecule has 1 heterocycles. The Balaban J connectivity index is 1.34. The van der Waals surface area contributed by atoms with Crippen molar-refractivity contribution < 1.29 is 4.42 Å². The van der Waals surface area contributed by atoms with E-state index in [0.717, 1.165) is 24.0 Å². The molecule has 10 rings (SSSR count). The van der Waals surface area contributed by atoms with Crippen molar-refractivity contribution in [1.82, 2.24) is 0 Å². The van der Waals surface area contributed by atoms with Gasteiger partial charge in [-0.05, 0) is 120 Å². The highest BCUT2D eigenvalue weighted by Gasteiger charge is 2.22. The summed E-state index contributed by atoms with van der Waals surface area (Å²) in [6, 6.07) is 53.4. The zero-order chi connectivity index (χ0) is 30.9. The molecule has 1 aliphatic rings. The summed E-state index contributed by atoms with van der Waals surface area (Å²) in [7, 11) is 0. The van der Waals surface area contributed by atoms with E-state index in [0.29, 0.717) is 0 Å². The number of hydrogen-bond donors (Lipinski definition) is 0. The van der Waals surface area contributed by atoms with Crippen LogP contribution in [0, 0.1) is 0 Å². The summed E-state index contributed by atoms with van der Waals surface area (Å²) in [5.41, 5.74) is 12.0. The molecule has 9 aromatic rings. The summed E-state index contributed by atoms with van der Waals surface area (Å²) in [6.07, 6.45) is 6.65. The Kier molecular flexibility index (Phi) is 5.77. The molecule has 0 N–H and O–H groups in total. The van der Waals surface area contributed by atoms with Crippen LogP contribution in [0.2, 0.25) is 0 Å². The van der Waals surface area contributed by atoms with Crippen LogP contribution < -0.4 is 0 Å². The quantitative estimate of drug-likeness (QED) is 0.184. The molecular formula is C46H30O. The second-order valence-electron chi connectivity index (χ2n) is 12.7. The van der Waals surface area contributed by atoms with Crippen LogP contribution in [0.5, 0.6) is 0 Å². The number of rotatable bonds is 3. The van der Waals surface area contributed by atoms with Gasteiger partial charge in [0.05, 0.1) is 0 Å². The molecular weight excluding hydrogens is 569 g/mol. The van der Waals surface area contributed by atoms with E-state index in [-0.39, 0.29) is 0 Å². The summed E-state index contributed by atoms with van der Waals surface area (Å²) in [5.74, 6) is 0. The van der Waals surface area contributed by atoms with Crippen molar-refractivity contribution in [2.75, 3.05) is 0 Å². The lowest BCUT2D eigenvalue weighted by Gasteiger charge is -2.20. The zero-order valence-electron chi connectivity index (χ0n) is 25.8. The van der Waals surface area contributed by atoms with Crippen molar-refractivity contribution in [2.45, 2.75) is 12.8 Å². The molecule has 0 aliphatic heterocycles. The fraction of sp³-hybridized carbons (Fsp3) is 0.0435. The summed E-state index contributed by atoms with van der Waals surface area (Å²) in [4.78, 5) is 0. The van der Waals surface area contributed by atoms with Crippen LogP contribution in [-0.4, -0.2) is 0 Å². The molecule has 220 valence electrons. The van der Waals surface area contributed by atoms with Gasteiger partial charge in [-0.1, -0.05) is 127 Å². The van der Waals surface area contributed by atoms with Gasteiger partial charge in [-0.3, -0.25) is 0 Å². The van der Waals surface area contributed by atoms with E-state index >= 15 is 0 Å². The number of allylic oxidation sites excluding steroid dienone is 1. The largest absolute Gasteiger partial charge is 0.456 e. The van der Waals surface area contributed by atoms with Crippen LogP contribution in [0.4, 0.5) is 0 Å². The van der Waals surface area contributed by atoms with Gasteiger partial charge in [-0.15, -0.1) is 0 Å². The smallest absolute Gasteiger partial charge is 0.136 e. The lowest BCUT2D eigenvalue weighted by atomic mass is 9.82. The highest BCUT2D eigenvalue weighted by Crippen LogP contribution is 2.49. The summed E-state index contributed by atoms with van der Waals surface area (Å²) in [6.45, 7) is 0. The molecule has 1 aliphatic carbocycles. The minimum atomic E-state index is 0.932. The molecule has 0 bridgehead atoms. The average molecular weight is 599 g/mol. The van der Waals surface area contributed by atoms with Gasteiger partial charge in [-0.2, -0.15) is 0 Å². The normalized spacial score (nSPS) is 12.9. The monoisotopic (exact) mass is 598 g/mol. The Labute approximate surface area is 273 Å². The molecule has 47 heavy (non-hydrogen) atoms. The summed E-state index contributed by atoms with van der Waals surface area (Å²) in [5, 5.41) is 9.87. The maximum Gasteiger partial charge on any atom is 0.136 e. The minimum absolute atomic E-state index is 0.932. The van der Waals surface area contributed by atoms with E-state index in [9.17, 15) is 0 Å². The standard InChI is InChI=1S/C46H30O/c1-2-13-29(14-3-1)39-25-30-15-4-5-16-31(30)26-40(39)45-36-21-10-8-19-34(36)44(35-20-9-11-22-37(35)45)38-23-12-24-42-46(38)41-27-32-17-6-7-18-33(32)28-43(41)47-42/h1-5,7-16,18-28H,6,17H2. The van der Waals surface area contributed by atoms with Crippen molar-refractivity contribution in [2.24, 2.45) is 0 Å². The summed E-state index contributed by atoms with van der Waals surface area (Å²) < 4.78 is 6.57. The zero-order valence-corrected chi connectivity index (χ0v) is 25.8. The molecule has 8 aromatic carbocycles. The van der Waals surface area contributed by atoms with E-state index in [1.807, 2.05) is 0 Å². The highest BCUT2D eigenvalue weighted by molar-refractivity contribution is 6.26. The Morgan fingerprint density at radius 2 is 1.06 bits per heavy atom. The van der Waals surface area contributed by atoms with E-state index in [1.54, 1.807) is 0 Å². The first-order valence-electron chi connectivity index (χ1n) is 16.5. The maximum absolute atomic E-state index is 6.57. The average Bonchev–Trinajstić information content (AvgIpc) is 3.50. The molecule has 0 fully saturated rings. The van der Waals surface area contributed by atoms with E-state index in [4.69, 9.17) is 4.42 Å². The van der Waals surface area contributed by atoms with Gasteiger partial charge >= 0.3 is 0 Å². The first-order chi connectivity index (χ1) is 23.3. The topological polar surface area (TPSA) is 13.1 Å². The Hall–Kier alpha value is -5.92. The molecule has 1 aromatic heterocycles. The van der Waals surface area contributed by atoms with Gasteiger partial charge < -0.3 is 4.42 Å². The maximum atomic E-state index is 6.57. The Bertz CT molecular complexity index is 2670. The second-order valence-corrected chi connectivity index (χ2v) is 12.7. The van der Waals surface area contributed by atoms with Gasteiger partial charge in [0.1, 0.15) is 11.2 Å². The third-order valence-corrected chi connectivity index (χ3v) is 10.1. The third kappa shape index (κ3) is 4.03. The Morgan fingerprint density at radius 3 is 1.77 bits per heavy atom. The van der Waals surface area contributed by atoms with Crippen molar-refractivity contribution in [1.29, 1.82) is 0 Å². The van der Waals surface area contributed by atoms with Crippen LogP contribution in [0.25, 0.3) is 93.7 Å². The SMILES string of the molecule is C1=Cc2cc3oc4cccc(-c5c6ccccc6c(-c6cc7ccccc7cc6-c6ccccc6)c6ccccc56)c4c3cc2CC1. The van der Waals surface area contributed by atoms with Crippen LogP contribution in [0.15, 0.2) is 156 Å². The molecule has 0 atom stereocenters. The third-order valence-electron chi connectivity index (χ3n) is 10.1. The first-order valence-corrected chi connectivity index (χ1v) is 16.5. The van der Waals surface area contributed by atoms with Gasteiger partial charge in [0.2, 0.25) is 0 Å². The molecule has 1 nitrogen and oxygen atoms in total. The fourth-order valence-corrected chi connectivity index (χ4v) is 7.97. The summed E-state index contributed by atoms with van der Waals surface area (Å²) >= 11 is 0. The molecule has 0 radical (unpaired) electrons. The number of benzene rings is 8. The van der Waals surface area contributed by atoms with Crippen LogP contribution in [0.3, 0.4) is 0 Å². The number of hydrogen-bond acceptors (Lipinski definition) is 1. The molecule has 0 spiro atoms. The molecule has 0 saturated carbocycles. The number of furan rings is 1. The highest BCUT2D eigenvalue weighted by atomic mass is 16.3. The van der Waals surface area contributed by atoms with Crippen molar-refractivity contribution >= 4 is 60.3 Å².